The summed E-state index contributed by atoms with van der Waals surface area (Å²) in [5.74, 6) is 0.548. The molecule has 1 N–H and O–H groups in total. The molecule has 8 nitrogen and oxygen atoms in total. The molecule has 154 valence electrons. The molecule has 0 radical (unpaired) electrons. The summed E-state index contributed by atoms with van der Waals surface area (Å²) in [4.78, 5) is 16.7. The maximum absolute atomic E-state index is 13.1. The lowest BCUT2D eigenvalue weighted by atomic mass is 10.1. The van der Waals surface area contributed by atoms with E-state index in [4.69, 9.17) is 9.47 Å². The Bertz CT molecular complexity index is 1210. The predicted octanol–water partition coefficient (Wildman–Crippen LogP) is 3.87. The second kappa shape index (κ2) is 7.77. The number of hydrogen-bond acceptors (Lipinski definition) is 6. The summed E-state index contributed by atoms with van der Waals surface area (Å²) in [7, 11) is -2.46. The van der Waals surface area contributed by atoms with Crippen molar-refractivity contribution in [3.05, 3.63) is 66.5 Å². The van der Waals surface area contributed by atoms with Gasteiger partial charge in [0.1, 0.15) is 16.4 Å². The van der Waals surface area contributed by atoms with Crippen LogP contribution < -0.4 is 14.8 Å². The van der Waals surface area contributed by atoms with Crippen LogP contribution in [0.2, 0.25) is 0 Å². The van der Waals surface area contributed by atoms with Gasteiger partial charge in [-0.1, -0.05) is 19.1 Å². The minimum absolute atomic E-state index is 0.0363. The van der Waals surface area contributed by atoms with E-state index in [0.717, 1.165) is 0 Å². The van der Waals surface area contributed by atoms with E-state index in [0.29, 0.717) is 17.2 Å². The Kier molecular flexibility index (Phi) is 5.15. The number of hydrogen-bond donors (Lipinski definition) is 1. The summed E-state index contributed by atoms with van der Waals surface area (Å²) < 4.78 is 39.2. The van der Waals surface area contributed by atoms with E-state index in [1.165, 1.54) is 29.7 Å². The molecular weight excluding hydrogens is 406 g/mol. The molecule has 3 aromatic rings. The van der Waals surface area contributed by atoms with Crippen LogP contribution in [0.1, 0.15) is 17.3 Å². The van der Waals surface area contributed by atoms with E-state index in [9.17, 15) is 13.2 Å². The largest absolute Gasteiger partial charge is 0.454 e. The van der Waals surface area contributed by atoms with Crippen molar-refractivity contribution < 1.29 is 22.7 Å². The highest BCUT2D eigenvalue weighted by atomic mass is 32.2. The number of benzene rings is 2. The van der Waals surface area contributed by atoms with Gasteiger partial charge in [-0.05, 0) is 30.3 Å². The zero-order valence-electron chi connectivity index (χ0n) is 16.3. The summed E-state index contributed by atoms with van der Waals surface area (Å²) in [5.41, 5.74) is 0.580. The zero-order valence-corrected chi connectivity index (χ0v) is 17.1. The van der Waals surface area contributed by atoms with Crippen LogP contribution in [0.4, 0.5) is 5.69 Å². The van der Waals surface area contributed by atoms with Gasteiger partial charge in [0.2, 0.25) is 10.0 Å². The minimum Gasteiger partial charge on any atom is -0.454 e. The molecule has 0 aliphatic carbocycles. The van der Waals surface area contributed by atoms with E-state index in [2.05, 4.69) is 10.3 Å². The molecule has 1 aliphatic rings. The first-order valence-corrected chi connectivity index (χ1v) is 10.6. The quantitative estimate of drug-likeness (QED) is 0.666. The van der Waals surface area contributed by atoms with Gasteiger partial charge in [-0.3, -0.25) is 9.78 Å². The molecule has 1 amide bonds. The third kappa shape index (κ3) is 3.60. The minimum atomic E-state index is -3.92. The smallest absolute Gasteiger partial charge is 0.259 e. The molecule has 2 aromatic carbocycles. The summed E-state index contributed by atoms with van der Waals surface area (Å²) in [6.07, 6.45) is 3.05. The SMILES string of the molecule is CCN(C)S(=O)(=O)c1cc2c(cc1Oc1cccnc1)Oc1ccccc1NC2=O. The van der Waals surface area contributed by atoms with Crippen LogP contribution in [0.3, 0.4) is 0 Å². The topological polar surface area (TPSA) is 97.8 Å². The third-order valence-electron chi connectivity index (χ3n) is 4.64. The van der Waals surface area contributed by atoms with Crippen LogP contribution in [0.25, 0.3) is 0 Å². The van der Waals surface area contributed by atoms with E-state index in [1.807, 2.05) is 0 Å². The number of sulfonamides is 1. The number of nitrogens with zero attached hydrogens (tertiary/aromatic N) is 2. The van der Waals surface area contributed by atoms with Gasteiger partial charge < -0.3 is 14.8 Å². The van der Waals surface area contributed by atoms with Crippen molar-refractivity contribution in [2.75, 3.05) is 18.9 Å². The van der Waals surface area contributed by atoms with Crippen LogP contribution in [0.15, 0.2) is 65.8 Å². The van der Waals surface area contributed by atoms with E-state index in [1.54, 1.807) is 49.5 Å². The maximum Gasteiger partial charge on any atom is 0.259 e. The van der Waals surface area contributed by atoms with Crippen molar-refractivity contribution >= 4 is 21.6 Å². The molecule has 0 unspecified atom stereocenters. The molecule has 0 saturated carbocycles. The van der Waals surface area contributed by atoms with Gasteiger partial charge in [0.05, 0.1) is 17.4 Å². The number of carbonyl (C=O) groups excluding carboxylic acids is 1. The van der Waals surface area contributed by atoms with Crippen molar-refractivity contribution in [3.8, 4) is 23.0 Å². The van der Waals surface area contributed by atoms with E-state index >= 15 is 0 Å². The number of amides is 1. The summed E-state index contributed by atoms with van der Waals surface area (Å²) in [5, 5.41) is 2.75. The first-order chi connectivity index (χ1) is 14.4. The Morgan fingerprint density at radius 2 is 1.93 bits per heavy atom. The van der Waals surface area contributed by atoms with Crippen molar-refractivity contribution in [3.63, 3.8) is 0 Å². The lowest BCUT2D eigenvalue weighted by Crippen LogP contribution is -2.27. The van der Waals surface area contributed by atoms with Crippen LogP contribution in [-0.2, 0) is 10.0 Å². The highest BCUT2D eigenvalue weighted by molar-refractivity contribution is 7.89. The predicted molar refractivity (Wildman–Crippen MR) is 111 cm³/mol. The standard InChI is InChI=1S/C21H19N3O5S/c1-3-24(2)30(26,27)20-11-15-18(12-19(20)28-14-7-6-10-22-13-14)29-17-9-5-4-8-16(17)23-21(15)25/h4-13H,3H2,1-2H3,(H,23,25). The highest BCUT2D eigenvalue weighted by Gasteiger charge is 2.30. The van der Waals surface area contributed by atoms with Gasteiger partial charge in [-0.2, -0.15) is 0 Å². The van der Waals surface area contributed by atoms with Crippen LogP contribution in [0, 0.1) is 0 Å². The number of nitrogens with one attached hydrogen (secondary N) is 1. The molecule has 30 heavy (non-hydrogen) atoms. The Morgan fingerprint density at radius 3 is 2.67 bits per heavy atom. The summed E-state index contributed by atoms with van der Waals surface area (Å²) >= 11 is 0. The van der Waals surface area contributed by atoms with Gasteiger partial charge in [0, 0.05) is 25.9 Å². The number of fused-ring (bicyclic) bond motifs is 2. The third-order valence-corrected chi connectivity index (χ3v) is 6.60. The van der Waals surface area contributed by atoms with Crippen LogP contribution in [0.5, 0.6) is 23.0 Å². The monoisotopic (exact) mass is 425 g/mol. The van der Waals surface area contributed by atoms with Crippen molar-refractivity contribution in [2.24, 2.45) is 0 Å². The van der Waals surface area contributed by atoms with Crippen molar-refractivity contribution in [1.29, 1.82) is 0 Å². The van der Waals surface area contributed by atoms with Gasteiger partial charge in [0.25, 0.3) is 5.91 Å². The van der Waals surface area contributed by atoms with Gasteiger partial charge >= 0.3 is 0 Å². The molecule has 1 aliphatic heterocycles. The number of carbonyl (C=O) groups is 1. The Balaban J connectivity index is 1.90. The van der Waals surface area contributed by atoms with E-state index < -0.39 is 15.9 Å². The fraction of sp³-hybridized carbons (Fsp3) is 0.143. The molecule has 2 heterocycles. The second-order valence-corrected chi connectivity index (χ2v) is 8.57. The summed E-state index contributed by atoms with van der Waals surface area (Å²) in [6.45, 7) is 1.97. The first kappa shape index (κ1) is 19.9. The Labute approximate surface area is 174 Å². The van der Waals surface area contributed by atoms with Gasteiger partial charge in [-0.15, -0.1) is 0 Å². The summed E-state index contributed by atoms with van der Waals surface area (Å²) in [6, 6.07) is 13.0. The molecule has 1 aromatic heterocycles. The van der Waals surface area contributed by atoms with Gasteiger partial charge in [-0.25, -0.2) is 12.7 Å². The molecule has 0 fully saturated rings. The van der Waals surface area contributed by atoms with E-state index in [-0.39, 0.29) is 28.5 Å². The normalized spacial score (nSPS) is 13.0. The molecule has 9 heteroatoms. The zero-order chi connectivity index (χ0) is 21.3. The maximum atomic E-state index is 13.1. The molecular formula is C21H19N3O5S. The average Bonchev–Trinajstić information content (AvgIpc) is 2.88. The lowest BCUT2D eigenvalue weighted by molar-refractivity contribution is 0.102. The highest BCUT2D eigenvalue weighted by Crippen LogP contribution is 2.41. The van der Waals surface area contributed by atoms with Crippen molar-refractivity contribution in [1.82, 2.24) is 9.29 Å². The van der Waals surface area contributed by atoms with Gasteiger partial charge in [0.15, 0.2) is 11.5 Å². The van der Waals surface area contributed by atoms with Crippen LogP contribution >= 0.6 is 0 Å². The van der Waals surface area contributed by atoms with Crippen molar-refractivity contribution in [2.45, 2.75) is 11.8 Å². The number of rotatable bonds is 5. The average molecular weight is 425 g/mol. The molecule has 0 spiro atoms. The first-order valence-electron chi connectivity index (χ1n) is 9.20. The lowest BCUT2D eigenvalue weighted by Gasteiger charge is -2.19. The fourth-order valence-corrected chi connectivity index (χ4v) is 4.22. The Morgan fingerprint density at radius 1 is 1.13 bits per heavy atom. The fourth-order valence-electron chi connectivity index (χ4n) is 2.92. The molecule has 4 rings (SSSR count). The number of aromatic nitrogens is 1. The molecule has 0 bridgehead atoms. The number of para-hydroxylation sites is 2. The molecule has 0 saturated heterocycles. The molecule has 0 atom stereocenters. The number of pyridine rings is 1. The van der Waals surface area contributed by atoms with Crippen LogP contribution in [-0.4, -0.2) is 37.2 Å². The number of anilines is 1. The Hall–Kier alpha value is -3.43. The number of ether oxygens (including phenoxy) is 2. The second-order valence-electron chi connectivity index (χ2n) is 6.56.